The second-order valence-electron chi connectivity index (χ2n) is 6.95. The molecular formula is C19H28ClN3O3. The fourth-order valence-corrected chi connectivity index (χ4v) is 3.54. The maximum absolute atomic E-state index is 12.8. The summed E-state index contributed by atoms with van der Waals surface area (Å²) in [5.41, 5.74) is 2.21. The normalized spacial score (nSPS) is 23.1. The molecule has 7 heteroatoms. The topological polar surface area (TPSA) is 70.7 Å². The van der Waals surface area contributed by atoms with Crippen molar-refractivity contribution in [3.8, 4) is 0 Å². The van der Waals surface area contributed by atoms with E-state index in [9.17, 15) is 9.59 Å². The minimum Gasteiger partial charge on any atom is -0.378 e. The Balaban J connectivity index is 0.00000243. The molecule has 2 amide bonds. The smallest absolute Gasteiger partial charge is 0.254 e. The molecule has 1 aromatic rings. The lowest BCUT2D eigenvalue weighted by Gasteiger charge is -2.28. The van der Waals surface area contributed by atoms with Crippen molar-refractivity contribution < 1.29 is 14.3 Å². The molecule has 0 unspecified atom stereocenters. The minimum absolute atomic E-state index is 0. The molecule has 0 aromatic heterocycles. The number of benzene rings is 1. The zero-order chi connectivity index (χ0) is 17.8. The highest BCUT2D eigenvalue weighted by molar-refractivity contribution is 5.99. The molecule has 6 nitrogen and oxygen atoms in total. The van der Waals surface area contributed by atoms with Crippen molar-refractivity contribution in [1.29, 1.82) is 0 Å². The molecule has 0 saturated carbocycles. The van der Waals surface area contributed by atoms with Gasteiger partial charge in [-0.15, -0.1) is 12.4 Å². The number of nitrogens with zero attached hydrogens (tertiary/aromatic N) is 1. The predicted octanol–water partition coefficient (Wildman–Crippen LogP) is 2.22. The first-order chi connectivity index (χ1) is 12.1. The third-order valence-electron chi connectivity index (χ3n) is 5.11. The van der Waals surface area contributed by atoms with Crippen LogP contribution >= 0.6 is 12.4 Å². The number of hydrogen-bond donors (Lipinski definition) is 2. The molecule has 2 atom stereocenters. The first-order valence-electron chi connectivity index (χ1n) is 9.07. The number of amides is 2. The van der Waals surface area contributed by atoms with Gasteiger partial charge in [-0.3, -0.25) is 9.59 Å². The van der Waals surface area contributed by atoms with Crippen LogP contribution in [-0.2, 0) is 9.53 Å². The van der Waals surface area contributed by atoms with Gasteiger partial charge in [0.25, 0.3) is 5.91 Å². The molecule has 144 valence electrons. The van der Waals surface area contributed by atoms with Crippen molar-refractivity contribution in [2.45, 2.75) is 32.7 Å². The van der Waals surface area contributed by atoms with Crippen molar-refractivity contribution in [3.05, 3.63) is 29.3 Å². The Morgan fingerprint density at radius 2 is 2.00 bits per heavy atom. The van der Waals surface area contributed by atoms with Crippen LogP contribution in [0.15, 0.2) is 18.2 Å². The summed E-state index contributed by atoms with van der Waals surface area (Å²) in [4.78, 5) is 27.2. The zero-order valence-corrected chi connectivity index (χ0v) is 16.2. The van der Waals surface area contributed by atoms with Crippen molar-refractivity contribution >= 4 is 29.9 Å². The molecule has 2 fully saturated rings. The van der Waals surface area contributed by atoms with Gasteiger partial charge in [0.2, 0.25) is 5.91 Å². The van der Waals surface area contributed by atoms with Gasteiger partial charge in [-0.1, -0.05) is 6.07 Å². The highest BCUT2D eigenvalue weighted by atomic mass is 35.5. The SMILES string of the molecule is Cc1c(NC(=O)[C@H]2CCN[C@@H](C)C2)cccc1C(=O)N1CCOCC1.Cl. The van der Waals surface area contributed by atoms with Gasteiger partial charge in [-0.25, -0.2) is 0 Å². The van der Waals surface area contributed by atoms with Crippen molar-refractivity contribution in [2.24, 2.45) is 5.92 Å². The van der Waals surface area contributed by atoms with Crippen LogP contribution in [0.3, 0.4) is 0 Å². The molecule has 0 spiro atoms. The Labute approximate surface area is 161 Å². The van der Waals surface area contributed by atoms with E-state index < -0.39 is 0 Å². The first-order valence-corrected chi connectivity index (χ1v) is 9.07. The summed E-state index contributed by atoms with van der Waals surface area (Å²) in [7, 11) is 0. The molecule has 2 N–H and O–H groups in total. The number of carbonyl (C=O) groups excluding carboxylic acids is 2. The largest absolute Gasteiger partial charge is 0.378 e. The Bertz CT molecular complexity index is 647. The summed E-state index contributed by atoms with van der Waals surface area (Å²) >= 11 is 0. The standard InChI is InChI=1S/C19H27N3O3.ClH/c1-13-12-15(6-7-20-13)18(23)21-17-5-3-4-16(14(17)2)19(24)22-8-10-25-11-9-22;/h3-5,13,15,20H,6-12H2,1-2H3,(H,21,23);1H/t13-,15-;/m0./s1. The van der Waals surface area contributed by atoms with Gasteiger partial charge in [0.1, 0.15) is 0 Å². The highest BCUT2D eigenvalue weighted by Gasteiger charge is 2.26. The average Bonchev–Trinajstić information content (AvgIpc) is 2.63. The summed E-state index contributed by atoms with van der Waals surface area (Å²) in [6.45, 7) is 7.25. The second kappa shape index (κ2) is 9.35. The van der Waals surface area contributed by atoms with E-state index in [4.69, 9.17) is 4.74 Å². The number of hydrogen-bond acceptors (Lipinski definition) is 4. The molecular weight excluding hydrogens is 354 g/mol. The van der Waals surface area contributed by atoms with Crippen LogP contribution in [0.5, 0.6) is 0 Å². The monoisotopic (exact) mass is 381 g/mol. The fraction of sp³-hybridized carbons (Fsp3) is 0.579. The number of rotatable bonds is 3. The molecule has 0 bridgehead atoms. The third-order valence-corrected chi connectivity index (χ3v) is 5.11. The van der Waals surface area contributed by atoms with Gasteiger partial charge in [0.15, 0.2) is 0 Å². The summed E-state index contributed by atoms with van der Waals surface area (Å²) in [6.07, 6.45) is 1.69. The molecule has 0 radical (unpaired) electrons. The number of carbonyl (C=O) groups is 2. The third kappa shape index (κ3) is 4.75. The van der Waals surface area contributed by atoms with Crippen molar-refractivity contribution in [3.63, 3.8) is 0 Å². The van der Waals surface area contributed by atoms with Crippen LogP contribution in [0.25, 0.3) is 0 Å². The summed E-state index contributed by atoms with van der Waals surface area (Å²) < 4.78 is 5.31. The highest BCUT2D eigenvalue weighted by Crippen LogP contribution is 2.24. The van der Waals surface area contributed by atoms with Crippen molar-refractivity contribution in [1.82, 2.24) is 10.2 Å². The first kappa shape index (κ1) is 20.7. The van der Waals surface area contributed by atoms with Gasteiger partial charge in [-0.05, 0) is 50.9 Å². The number of piperidine rings is 1. The molecule has 0 aliphatic carbocycles. The van der Waals surface area contributed by atoms with E-state index in [2.05, 4.69) is 17.6 Å². The summed E-state index contributed by atoms with van der Waals surface area (Å²) in [5, 5.41) is 6.40. The Morgan fingerprint density at radius 3 is 2.69 bits per heavy atom. The van der Waals surface area contributed by atoms with Gasteiger partial charge in [0, 0.05) is 36.3 Å². The van der Waals surface area contributed by atoms with E-state index >= 15 is 0 Å². The van der Waals surface area contributed by atoms with Gasteiger partial charge < -0.3 is 20.3 Å². The van der Waals surface area contributed by atoms with Crippen LogP contribution in [-0.4, -0.2) is 55.6 Å². The van der Waals surface area contributed by atoms with E-state index in [1.54, 1.807) is 0 Å². The average molecular weight is 382 g/mol. The van der Waals surface area contributed by atoms with Gasteiger partial charge in [0.05, 0.1) is 13.2 Å². The van der Waals surface area contributed by atoms with Gasteiger partial charge in [-0.2, -0.15) is 0 Å². The fourth-order valence-electron chi connectivity index (χ4n) is 3.54. The number of halogens is 1. The number of ether oxygens (including phenoxy) is 1. The summed E-state index contributed by atoms with van der Waals surface area (Å²) in [5.74, 6) is 0.0778. The number of morpholine rings is 1. The number of anilines is 1. The Kier molecular flexibility index (Phi) is 7.43. The van der Waals surface area contributed by atoms with E-state index in [1.165, 1.54) is 0 Å². The predicted molar refractivity (Wildman–Crippen MR) is 104 cm³/mol. The number of nitrogens with one attached hydrogen (secondary N) is 2. The van der Waals surface area contributed by atoms with Gasteiger partial charge >= 0.3 is 0 Å². The Morgan fingerprint density at radius 1 is 1.27 bits per heavy atom. The molecule has 3 rings (SSSR count). The molecule has 2 heterocycles. The lowest BCUT2D eigenvalue weighted by atomic mass is 9.92. The molecule has 2 aliphatic rings. The minimum atomic E-state index is 0. The van der Waals surface area contributed by atoms with Crippen LogP contribution in [0.1, 0.15) is 35.7 Å². The molecule has 26 heavy (non-hydrogen) atoms. The maximum atomic E-state index is 12.8. The maximum Gasteiger partial charge on any atom is 0.254 e. The van der Waals surface area contributed by atoms with Crippen LogP contribution < -0.4 is 10.6 Å². The van der Waals surface area contributed by atoms with Crippen LogP contribution in [0.2, 0.25) is 0 Å². The lowest BCUT2D eigenvalue weighted by Crippen LogP contribution is -2.41. The van der Waals surface area contributed by atoms with E-state index in [0.29, 0.717) is 37.9 Å². The van der Waals surface area contributed by atoms with E-state index in [1.807, 2.05) is 30.0 Å². The quantitative estimate of drug-likeness (QED) is 0.842. The van der Waals surface area contributed by atoms with E-state index in [-0.39, 0.29) is 30.1 Å². The molecule has 2 aliphatic heterocycles. The second-order valence-corrected chi connectivity index (χ2v) is 6.95. The van der Waals surface area contributed by atoms with Crippen molar-refractivity contribution in [2.75, 3.05) is 38.2 Å². The lowest BCUT2D eigenvalue weighted by molar-refractivity contribution is -0.120. The summed E-state index contributed by atoms with van der Waals surface area (Å²) in [6, 6.07) is 5.89. The van der Waals surface area contributed by atoms with Crippen LogP contribution in [0, 0.1) is 12.8 Å². The van der Waals surface area contributed by atoms with Crippen LogP contribution in [0.4, 0.5) is 5.69 Å². The molecule has 2 saturated heterocycles. The zero-order valence-electron chi connectivity index (χ0n) is 15.4. The molecule has 1 aromatic carbocycles. The van der Waals surface area contributed by atoms with E-state index in [0.717, 1.165) is 30.6 Å². The Hall–Kier alpha value is -1.63.